The summed E-state index contributed by atoms with van der Waals surface area (Å²) in [5.74, 6) is 1.40. The third-order valence-electron chi connectivity index (χ3n) is 3.82. The van der Waals surface area contributed by atoms with Crippen LogP contribution >= 0.6 is 22.9 Å². The lowest BCUT2D eigenvalue weighted by molar-refractivity contribution is 0.123. The van der Waals surface area contributed by atoms with Crippen molar-refractivity contribution in [3.05, 3.63) is 16.1 Å². The van der Waals surface area contributed by atoms with Crippen molar-refractivity contribution in [1.82, 2.24) is 9.88 Å². The Morgan fingerprint density at radius 3 is 3.00 bits per heavy atom. The van der Waals surface area contributed by atoms with Gasteiger partial charge in [0.15, 0.2) is 0 Å². The summed E-state index contributed by atoms with van der Waals surface area (Å²) in [6.45, 7) is 7.21. The molecule has 1 aliphatic heterocycles. The zero-order chi connectivity index (χ0) is 13.0. The first-order chi connectivity index (χ1) is 8.69. The molecule has 102 valence electrons. The molecule has 4 heteroatoms. The van der Waals surface area contributed by atoms with Gasteiger partial charge in [0.2, 0.25) is 0 Å². The first-order valence-electron chi connectivity index (χ1n) is 6.92. The Balaban J connectivity index is 1.74. The molecule has 1 aliphatic rings. The number of halogens is 1. The van der Waals surface area contributed by atoms with Crippen molar-refractivity contribution in [2.45, 2.75) is 51.5 Å². The summed E-state index contributed by atoms with van der Waals surface area (Å²) in [7, 11) is 0. The van der Waals surface area contributed by atoms with Crippen LogP contribution in [0.4, 0.5) is 0 Å². The summed E-state index contributed by atoms with van der Waals surface area (Å²) < 4.78 is 0. The number of aromatic nitrogens is 1. The van der Waals surface area contributed by atoms with Crippen molar-refractivity contribution in [2.75, 3.05) is 13.1 Å². The summed E-state index contributed by atoms with van der Waals surface area (Å²) in [5, 5.41) is 3.32. The summed E-state index contributed by atoms with van der Waals surface area (Å²) >= 11 is 7.52. The van der Waals surface area contributed by atoms with Gasteiger partial charge >= 0.3 is 0 Å². The average Bonchev–Trinajstić information content (AvgIpc) is 2.81. The van der Waals surface area contributed by atoms with E-state index < -0.39 is 0 Å². The number of rotatable bonds is 5. The number of hydrogen-bond acceptors (Lipinski definition) is 3. The highest BCUT2D eigenvalue weighted by Gasteiger charge is 2.22. The Kier molecular flexibility index (Phi) is 5.46. The molecule has 0 bridgehead atoms. The quantitative estimate of drug-likeness (QED) is 0.762. The fourth-order valence-electron chi connectivity index (χ4n) is 2.65. The Morgan fingerprint density at radius 1 is 1.44 bits per heavy atom. The summed E-state index contributed by atoms with van der Waals surface area (Å²) in [4.78, 5) is 7.16. The van der Waals surface area contributed by atoms with Crippen molar-refractivity contribution < 1.29 is 0 Å². The van der Waals surface area contributed by atoms with Gasteiger partial charge in [-0.1, -0.05) is 6.92 Å². The van der Waals surface area contributed by atoms with Crippen molar-refractivity contribution in [2.24, 2.45) is 5.92 Å². The van der Waals surface area contributed by atoms with E-state index in [-0.39, 0.29) is 0 Å². The molecule has 0 saturated carbocycles. The third-order valence-corrected chi connectivity index (χ3v) is 5.05. The van der Waals surface area contributed by atoms with E-state index >= 15 is 0 Å². The zero-order valence-electron chi connectivity index (χ0n) is 11.4. The lowest BCUT2D eigenvalue weighted by atomic mass is 9.95. The molecule has 1 aromatic heterocycles. The molecule has 1 aromatic rings. The highest BCUT2D eigenvalue weighted by Crippen LogP contribution is 2.22. The number of thiazole rings is 1. The first-order valence-corrected chi connectivity index (χ1v) is 8.33. The Bertz CT molecular complexity index is 366. The topological polar surface area (TPSA) is 16.1 Å². The van der Waals surface area contributed by atoms with Gasteiger partial charge in [0, 0.05) is 24.4 Å². The number of nitrogens with zero attached hydrogens (tertiary/aromatic N) is 2. The summed E-state index contributed by atoms with van der Waals surface area (Å²) in [6, 6.07) is 0.760. The van der Waals surface area contributed by atoms with Crippen molar-refractivity contribution >= 4 is 22.9 Å². The van der Waals surface area contributed by atoms with Crippen molar-refractivity contribution in [3.8, 4) is 0 Å². The molecule has 0 aliphatic carbocycles. The molecule has 2 nitrogen and oxygen atoms in total. The van der Waals surface area contributed by atoms with Crippen molar-refractivity contribution in [3.63, 3.8) is 0 Å². The lowest BCUT2D eigenvalue weighted by Crippen LogP contribution is -2.41. The van der Waals surface area contributed by atoms with E-state index in [0.29, 0.717) is 5.88 Å². The molecule has 2 rings (SSSR count). The van der Waals surface area contributed by atoms with Gasteiger partial charge in [0.25, 0.3) is 0 Å². The maximum Gasteiger partial charge on any atom is 0.0929 e. The molecule has 0 spiro atoms. The number of hydrogen-bond donors (Lipinski definition) is 0. The van der Waals surface area contributed by atoms with Gasteiger partial charge in [-0.3, -0.25) is 0 Å². The van der Waals surface area contributed by atoms with E-state index in [2.05, 4.69) is 29.1 Å². The fourth-order valence-corrected chi connectivity index (χ4v) is 3.72. The predicted molar refractivity (Wildman–Crippen MR) is 79.4 cm³/mol. The Hall–Kier alpha value is -0.120. The van der Waals surface area contributed by atoms with E-state index in [9.17, 15) is 0 Å². The van der Waals surface area contributed by atoms with Crippen LogP contribution in [0.1, 0.15) is 43.8 Å². The minimum atomic E-state index is 0.539. The minimum Gasteiger partial charge on any atom is -0.300 e. The molecule has 0 aromatic carbocycles. The van der Waals surface area contributed by atoms with E-state index in [1.165, 1.54) is 37.4 Å². The van der Waals surface area contributed by atoms with Gasteiger partial charge in [-0.05, 0) is 38.6 Å². The molecule has 2 atom stereocenters. The molecule has 2 heterocycles. The van der Waals surface area contributed by atoms with Crippen LogP contribution in [0.25, 0.3) is 0 Å². The van der Waals surface area contributed by atoms with E-state index in [4.69, 9.17) is 11.6 Å². The maximum absolute atomic E-state index is 5.77. The van der Waals surface area contributed by atoms with E-state index in [1.54, 1.807) is 11.3 Å². The predicted octanol–water partition coefficient (Wildman–Crippen LogP) is 3.93. The van der Waals surface area contributed by atoms with Gasteiger partial charge in [0.1, 0.15) is 0 Å². The molecule has 0 amide bonds. The highest BCUT2D eigenvalue weighted by molar-refractivity contribution is 7.09. The number of aryl methyl sites for hydroxylation is 1. The van der Waals surface area contributed by atoms with Gasteiger partial charge in [-0.2, -0.15) is 0 Å². The number of alkyl halides is 1. The van der Waals surface area contributed by atoms with E-state index in [1.807, 2.05) is 0 Å². The number of likely N-dealkylation sites (tertiary alicyclic amines) is 1. The Morgan fingerprint density at radius 2 is 2.28 bits per heavy atom. The average molecular weight is 287 g/mol. The monoisotopic (exact) mass is 286 g/mol. The van der Waals surface area contributed by atoms with Crippen LogP contribution < -0.4 is 0 Å². The molecule has 1 fully saturated rings. The van der Waals surface area contributed by atoms with Crippen LogP contribution in [0.2, 0.25) is 0 Å². The number of piperidine rings is 1. The minimum absolute atomic E-state index is 0.539. The molecular weight excluding hydrogens is 264 g/mol. The smallest absolute Gasteiger partial charge is 0.0929 e. The third kappa shape index (κ3) is 3.94. The fraction of sp³-hybridized carbons (Fsp3) is 0.786. The first kappa shape index (κ1) is 14.3. The van der Waals surface area contributed by atoms with Gasteiger partial charge in [-0.25, -0.2) is 4.98 Å². The van der Waals surface area contributed by atoms with Gasteiger partial charge in [-0.15, -0.1) is 22.9 Å². The second-order valence-electron chi connectivity index (χ2n) is 5.50. The standard InChI is InChI=1S/C14H23ClN2S/c1-11-5-6-12(2)17(9-11)7-3-4-14-16-13(8-15)10-18-14/h10-12H,3-9H2,1-2H3. The molecule has 1 saturated heterocycles. The second-order valence-corrected chi connectivity index (χ2v) is 6.71. The normalized spacial score (nSPS) is 25.5. The summed E-state index contributed by atoms with van der Waals surface area (Å²) in [6.07, 6.45) is 5.06. The van der Waals surface area contributed by atoms with Gasteiger partial charge < -0.3 is 4.90 Å². The van der Waals surface area contributed by atoms with Crippen LogP contribution in [0.15, 0.2) is 5.38 Å². The summed E-state index contributed by atoms with van der Waals surface area (Å²) in [5.41, 5.74) is 1.02. The zero-order valence-corrected chi connectivity index (χ0v) is 12.9. The molecule has 18 heavy (non-hydrogen) atoms. The van der Waals surface area contributed by atoms with Crippen LogP contribution in [0.3, 0.4) is 0 Å². The van der Waals surface area contributed by atoms with Gasteiger partial charge in [0.05, 0.1) is 16.6 Å². The second kappa shape index (κ2) is 6.88. The van der Waals surface area contributed by atoms with Crippen LogP contribution in [-0.4, -0.2) is 29.0 Å². The van der Waals surface area contributed by atoms with Crippen LogP contribution in [0.5, 0.6) is 0 Å². The van der Waals surface area contributed by atoms with Crippen LogP contribution in [-0.2, 0) is 12.3 Å². The highest BCUT2D eigenvalue weighted by atomic mass is 35.5. The lowest BCUT2D eigenvalue weighted by Gasteiger charge is -2.36. The molecular formula is C14H23ClN2S. The molecule has 0 N–H and O–H groups in total. The van der Waals surface area contributed by atoms with E-state index in [0.717, 1.165) is 24.1 Å². The largest absolute Gasteiger partial charge is 0.300 e. The SMILES string of the molecule is CC1CCC(C)N(CCCc2nc(CCl)cs2)C1. The van der Waals surface area contributed by atoms with Crippen molar-refractivity contribution in [1.29, 1.82) is 0 Å². The Labute approximate surface area is 119 Å². The molecule has 0 radical (unpaired) electrons. The molecule has 2 unspecified atom stereocenters. The van der Waals surface area contributed by atoms with Crippen LogP contribution in [0, 0.1) is 5.92 Å². The maximum atomic E-state index is 5.77.